The molecule has 0 spiro atoms. The fourth-order valence-corrected chi connectivity index (χ4v) is 2.68. The van der Waals surface area contributed by atoms with E-state index in [0.717, 1.165) is 24.1 Å². The number of benzene rings is 1. The Kier molecular flexibility index (Phi) is 3.34. The standard InChI is InChI=1S/C15H18N2O3/c18-14(19)9-17(8-10-5-6-10)15(20)13-7-11-3-1-2-4-12(11)16-13/h1-4,10,13,16H,5-9H2,(H,18,19). The highest BCUT2D eigenvalue weighted by atomic mass is 16.4. The summed E-state index contributed by atoms with van der Waals surface area (Å²) in [5.41, 5.74) is 2.10. The van der Waals surface area contributed by atoms with Crippen molar-refractivity contribution < 1.29 is 14.7 Å². The number of aliphatic carboxylic acids is 1. The summed E-state index contributed by atoms with van der Waals surface area (Å²) in [6.07, 6.45) is 2.83. The van der Waals surface area contributed by atoms with E-state index < -0.39 is 5.97 Å². The molecular formula is C15H18N2O3. The number of nitrogens with one attached hydrogen (secondary N) is 1. The van der Waals surface area contributed by atoms with Gasteiger partial charge in [-0.15, -0.1) is 0 Å². The molecular weight excluding hydrogens is 256 g/mol. The van der Waals surface area contributed by atoms with E-state index in [1.54, 1.807) is 0 Å². The second-order valence-corrected chi connectivity index (χ2v) is 5.61. The Hall–Kier alpha value is -2.04. The van der Waals surface area contributed by atoms with Crippen LogP contribution in [-0.4, -0.2) is 41.0 Å². The van der Waals surface area contributed by atoms with Gasteiger partial charge in [-0.25, -0.2) is 0 Å². The molecule has 5 nitrogen and oxygen atoms in total. The Labute approximate surface area is 117 Å². The Morgan fingerprint density at radius 3 is 2.70 bits per heavy atom. The van der Waals surface area contributed by atoms with Gasteiger partial charge in [0.2, 0.25) is 5.91 Å². The molecule has 3 rings (SSSR count). The molecule has 1 aliphatic heterocycles. The number of rotatable bonds is 5. The van der Waals surface area contributed by atoms with Crippen molar-refractivity contribution in [3.8, 4) is 0 Å². The zero-order valence-corrected chi connectivity index (χ0v) is 11.2. The van der Waals surface area contributed by atoms with E-state index in [2.05, 4.69) is 5.32 Å². The van der Waals surface area contributed by atoms with Gasteiger partial charge in [-0.2, -0.15) is 0 Å². The molecule has 1 fully saturated rings. The molecule has 0 saturated heterocycles. The van der Waals surface area contributed by atoms with Gasteiger partial charge in [0.1, 0.15) is 12.6 Å². The fraction of sp³-hybridized carbons (Fsp3) is 0.467. The summed E-state index contributed by atoms with van der Waals surface area (Å²) in [5.74, 6) is -0.563. The third-order valence-corrected chi connectivity index (χ3v) is 3.88. The number of amides is 1. The number of hydrogen-bond donors (Lipinski definition) is 2. The van der Waals surface area contributed by atoms with E-state index in [4.69, 9.17) is 5.11 Å². The second-order valence-electron chi connectivity index (χ2n) is 5.61. The van der Waals surface area contributed by atoms with Crippen molar-refractivity contribution >= 4 is 17.6 Å². The molecule has 1 aliphatic carbocycles. The molecule has 2 N–H and O–H groups in total. The van der Waals surface area contributed by atoms with E-state index in [0.29, 0.717) is 18.9 Å². The molecule has 0 bridgehead atoms. The van der Waals surface area contributed by atoms with Crippen molar-refractivity contribution in [2.45, 2.75) is 25.3 Å². The average Bonchev–Trinajstić information content (AvgIpc) is 3.12. The number of carboxylic acid groups (broad SMARTS) is 1. The van der Waals surface area contributed by atoms with Gasteiger partial charge >= 0.3 is 5.97 Å². The zero-order chi connectivity index (χ0) is 14.1. The van der Waals surface area contributed by atoms with Gasteiger partial charge in [-0.05, 0) is 30.4 Å². The lowest BCUT2D eigenvalue weighted by atomic mass is 10.1. The van der Waals surface area contributed by atoms with Gasteiger partial charge < -0.3 is 15.3 Å². The van der Waals surface area contributed by atoms with Crippen LogP contribution in [0.15, 0.2) is 24.3 Å². The van der Waals surface area contributed by atoms with Crippen LogP contribution in [0.1, 0.15) is 18.4 Å². The monoisotopic (exact) mass is 274 g/mol. The molecule has 1 aromatic rings. The molecule has 106 valence electrons. The van der Waals surface area contributed by atoms with Crippen LogP contribution in [0.4, 0.5) is 5.69 Å². The van der Waals surface area contributed by atoms with Crippen LogP contribution in [0.3, 0.4) is 0 Å². The number of carbonyl (C=O) groups is 2. The molecule has 0 radical (unpaired) electrons. The largest absolute Gasteiger partial charge is 0.480 e. The third-order valence-electron chi connectivity index (χ3n) is 3.88. The fourth-order valence-electron chi connectivity index (χ4n) is 2.68. The van der Waals surface area contributed by atoms with Crippen LogP contribution >= 0.6 is 0 Å². The Morgan fingerprint density at radius 2 is 2.05 bits per heavy atom. The van der Waals surface area contributed by atoms with Crippen LogP contribution in [0.5, 0.6) is 0 Å². The van der Waals surface area contributed by atoms with Gasteiger partial charge in [0.25, 0.3) is 0 Å². The quantitative estimate of drug-likeness (QED) is 0.850. The Bertz CT molecular complexity index is 515. The van der Waals surface area contributed by atoms with Gasteiger partial charge in [-0.3, -0.25) is 9.59 Å². The van der Waals surface area contributed by atoms with E-state index in [1.165, 1.54) is 4.90 Å². The van der Waals surface area contributed by atoms with Gasteiger partial charge in [0.15, 0.2) is 0 Å². The number of fused-ring (bicyclic) bond motifs is 1. The third kappa shape index (κ3) is 2.76. The minimum absolute atomic E-state index is 0.101. The molecule has 5 heteroatoms. The molecule has 2 aliphatic rings. The normalized spacial score (nSPS) is 20.1. The van der Waals surface area contributed by atoms with Crippen molar-refractivity contribution in [1.29, 1.82) is 0 Å². The van der Waals surface area contributed by atoms with E-state index in [-0.39, 0.29) is 18.5 Å². The minimum atomic E-state index is -0.950. The second kappa shape index (κ2) is 5.15. The number of hydrogen-bond acceptors (Lipinski definition) is 3. The lowest BCUT2D eigenvalue weighted by Gasteiger charge is -2.24. The number of nitrogens with zero attached hydrogens (tertiary/aromatic N) is 1. The predicted octanol–water partition coefficient (Wildman–Crippen LogP) is 1.35. The molecule has 1 aromatic carbocycles. The topological polar surface area (TPSA) is 69.6 Å². The summed E-state index contributed by atoms with van der Waals surface area (Å²) >= 11 is 0. The minimum Gasteiger partial charge on any atom is -0.480 e. The molecule has 1 atom stereocenters. The summed E-state index contributed by atoms with van der Waals surface area (Å²) in [5, 5.41) is 12.2. The number of para-hydroxylation sites is 1. The van der Waals surface area contributed by atoms with Crippen molar-refractivity contribution in [1.82, 2.24) is 4.90 Å². The van der Waals surface area contributed by atoms with Gasteiger partial charge in [0, 0.05) is 18.7 Å². The summed E-state index contributed by atoms with van der Waals surface area (Å²) in [6, 6.07) is 7.50. The summed E-state index contributed by atoms with van der Waals surface area (Å²) in [7, 11) is 0. The highest BCUT2D eigenvalue weighted by molar-refractivity contribution is 5.89. The summed E-state index contributed by atoms with van der Waals surface area (Å²) in [4.78, 5) is 24.9. The maximum atomic E-state index is 12.5. The van der Waals surface area contributed by atoms with Crippen molar-refractivity contribution in [2.75, 3.05) is 18.4 Å². The molecule has 20 heavy (non-hydrogen) atoms. The molecule has 0 aromatic heterocycles. The first-order chi connectivity index (χ1) is 9.63. The first kappa shape index (κ1) is 13.0. The van der Waals surface area contributed by atoms with Crippen molar-refractivity contribution in [3.63, 3.8) is 0 Å². The van der Waals surface area contributed by atoms with Crippen LogP contribution in [0, 0.1) is 5.92 Å². The smallest absolute Gasteiger partial charge is 0.323 e. The zero-order valence-electron chi connectivity index (χ0n) is 11.2. The molecule has 1 unspecified atom stereocenters. The molecule has 1 saturated carbocycles. The van der Waals surface area contributed by atoms with Crippen LogP contribution in [-0.2, 0) is 16.0 Å². The summed E-state index contributed by atoms with van der Waals surface area (Å²) < 4.78 is 0. The predicted molar refractivity (Wildman–Crippen MR) is 74.5 cm³/mol. The highest BCUT2D eigenvalue weighted by Crippen LogP contribution is 2.31. The van der Waals surface area contributed by atoms with E-state index in [9.17, 15) is 9.59 Å². The number of carbonyl (C=O) groups excluding carboxylic acids is 1. The van der Waals surface area contributed by atoms with Crippen molar-refractivity contribution in [3.05, 3.63) is 29.8 Å². The van der Waals surface area contributed by atoms with E-state index in [1.807, 2.05) is 24.3 Å². The lowest BCUT2D eigenvalue weighted by molar-refractivity contribution is -0.144. The molecule has 1 heterocycles. The van der Waals surface area contributed by atoms with Gasteiger partial charge in [0.05, 0.1) is 0 Å². The Morgan fingerprint density at radius 1 is 1.30 bits per heavy atom. The Balaban J connectivity index is 1.69. The number of carboxylic acids is 1. The van der Waals surface area contributed by atoms with Crippen LogP contribution < -0.4 is 5.32 Å². The SMILES string of the molecule is O=C(O)CN(CC1CC1)C(=O)C1Cc2ccccc2N1. The molecule has 1 amide bonds. The first-order valence-corrected chi connectivity index (χ1v) is 6.98. The first-order valence-electron chi connectivity index (χ1n) is 6.98. The maximum Gasteiger partial charge on any atom is 0.323 e. The maximum absolute atomic E-state index is 12.5. The highest BCUT2D eigenvalue weighted by Gasteiger charge is 2.34. The summed E-state index contributed by atoms with van der Waals surface area (Å²) in [6.45, 7) is 0.365. The van der Waals surface area contributed by atoms with Crippen molar-refractivity contribution in [2.24, 2.45) is 5.92 Å². The van der Waals surface area contributed by atoms with E-state index >= 15 is 0 Å². The lowest BCUT2D eigenvalue weighted by Crippen LogP contribution is -2.45. The van der Waals surface area contributed by atoms with Crippen LogP contribution in [0.2, 0.25) is 0 Å². The number of anilines is 1. The van der Waals surface area contributed by atoms with Gasteiger partial charge in [-0.1, -0.05) is 18.2 Å². The average molecular weight is 274 g/mol. The van der Waals surface area contributed by atoms with Crippen LogP contribution in [0.25, 0.3) is 0 Å².